The van der Waals surface area contributed by atoms with Gasteiger partial charge in [0.05, 0.1) is 5.71 Å². The molecule has 2 aromatic carbocycles. The molecule has 0 spiro atoms. The Labute approximate surface area is 190 Å². The first-order chi connectivity index (χ1) is 15.6. The molecule has 0 saturated heterocycles. The van der Waals surface area contributed by atoms with Crippen LogP contribution in [0.3, 0.4) is 0 Å². The van der Waals surface area contributed by atoms with E-state index in [0.717, 1.165) is 36.1 Å². The highest BCUT2D eigenvalue weighted by atomic mass is 19.1. The zero-order valence-electron chi connectivity index (χ0n) is 18.7. The molecule has 32 heavy (non-hydrogen) atoms. The number of allylic oxidation sites excluding steroid dienone is 3. The van der Waals surface area contributed by atoms with Gasteiger partial charge in [-0.15, -0.1) is 0 Å². The van der Waals surface area contributed by atoms with Crippen molar-refractivity contribution in [1.29, 1.82) is 0 Å². The minimum atomic E-state index is -0.373. The molecule has 0 amide bonds. The topological polar surface area (TPSA) is 29.4 Å². The summed E-state index contributed by atoms with van der Waals surface area (Å²) >= 11 is 0. The number of nitrogens with zero attached hydrogens (tertiary/aromatic N) is 1. The van der Waals surface area contributed by atoms with Crippen molar-refractivity contribution >= 4 is 11.5 Å². The molecule has 0 N–H and O–H groups in total. The highest BCUT2D eigenvalue weighted by Crippen LogP contribution is 2.53. The fourth-order valence-electron chi connectivity index (χ4n) is 6.14. The fourth-order valence-corrected chi connectivity index (χ4v) is 6.14. The summed E-state index contributed by atoms with van der Waals surface area (Å²) in [6, 6.07) is 15.3. The second-order valence-corrected chi connectivity index (χ2v) is 9.68. The van der Waals surface area contributed by atoms with E-state index >= 15 is 0 Å². The maximum absolute atomic E-state index is 13.8. The third kappa shape index (κ3) is 3.68. The molecule has 5 rings (SSSR count). The number of halogens is 1. The van der Waals surface area contributed by atoms with Crippen LogP contribution < -0.4 is 0 Å². The number of fused-ring (bicyclic) bond motifs is 3. The second-order valence-electron chi connectivity index (χ2n) is 9.68. The Morgan fingerprint density at radius 1 is 1.19 bits per heavy atom. The quantitative estimate of drug-likeness (QED) is 0.476. The molecule has 1 aliphatic heterocycles. The van der Waals surface area contributed by atoms with Crippen LogP contribution in [0.25, 0.3) is 0 Å². The van der Waals surface area contributed by atoms with Crippen LogP contribution in [0.15, 0.2) is 77.4 Å². The van der Waals surface area contributed by atoms with Gasteiger partial charge in [-0.05, 0) is 67.4 Å². The molecular formula is C29H30FNO. The molecule has 2 nitrogen and oxygen atoms in total. The van der Waals surface area contributed by atoms with E-state index in [1.54, 1.807) is 12.1 Å². The van der Waals surface area contributed by atoms with Crippen LogP contribution in [0.1, 0.15) is 68.6 Å². The zero-order chi connectivity index (χ0) is 22.1. The molecule has 1 saturated carbocycles. The number of ketones is 1. The van der Waals surface area contributed by atoms with Crippen LogP contribution in [-0.2, 0) is 10.2 Å². The molecule has 3 unspecified atom stereocenters. The van der Waals surface area contributed by atoms with Crippen LogP contribution in [0, 0.1) is 17.7 Å². The Bertz CT molecular complexity index is 1110. The minimum absolute atomic E-state index is 0.158. The molecule has 1 heterocycles. The Kier molecular flexibility index (Phi) is 5.67. The van der Waals surface area contributed by atoms with Crippen LogP contribution in [0.5, 0.6) is 0 Å². The molecule has 3 aliphatic rings. The van der Waals surface area contributed by atoms with Gasteiger partial charge in [0.25, 0.3) is 0 Å². The van der Waals surface area contributed by atoms with Gasteiger partial charge >= 0.3 is 0 Å². The minimum Gasteiger partial charge on any atom is -0.295 e. The van der Waals surface area contributed by atoms with E-state index in [-0.39, 0.29) is 22.9 Å². The van der Waals surface area contributed by atoms with Gasteiger partial charge in [-0.25, -0.2) is 4.39 Å². The van der Waals surface area contributed by atoms with Gasteiger partial charge in [-0.2, -0.15) is 0 Å². The van der Waals surface area contributed by atoms with E-state index in [9.17, 15) is 9.18 Å². The van der Waals surface area contributed by atoms with Gasteiger partial charge in [-0.1, -0.05) is 61.4 Å². The van der Waals surface area contributed by atoms with E-state index in [4.69, 9.17) is 4.99 Å². The summed E-state index contributed by atoms with van der Waals surface area (Å²) in [6.45, 7) is 2.27. The molecular weight excluding hydrogens is 397 g/mol. The first-order valence-corrected chi connectivity index (χ1v) is 11.9. The monoisotopic (exact) mass is 427 g/mol. The third-order valence-electron chi connectivity index (χ3n) is 7.60. The predicted octanol–water partition coefficient (Wildman–Crippen LogP) is 6.93. The number of benzene rings is 2. The molecule has 0 bridgehead atoms. The lowest BCUT2D eigenvalue weighted by Crippen LogP contribution is -2.36. The summed E-state index contributed by atoms with van der Waals surface area (Å²) < 4.78 is 13.8. The van der Waals surface area contributed by atoms with Gasteiger partial charge in [0.1, 0.15) is 5.82 Å². The number of hydrogen-bond donors (Lipinski definition) is 0. The number of rotatable bonds is 5. The summed E-state index contributed by atoms with van der Waals surface area (Å²) in [4.78, 5) is 17.9. The maximum Gasteiger partial charge on any atom is 0.155 e. The van der Waals surface area contributed by atoms with E-state index in [1.165, 1.54) is 24.0 Å². The van der Waals surface area contributed by atoms with Crippen LogP contribution in [-0.4, -0.2) is 11.5 Å². The molecule has 164 valence electrons. The van der Waals surface area contributed by atoms with Crippen LogP contribution >= 0.6 is 0 Å². The SMILES string of the molecule is CC1CCCC(=CC(=O)CCC2(c3ccc(F)cc3)c3ccccc3C3=NC=CCC32)C1. The van der Waals surface area contributed by atoms with Gasteiger partial charge in [0.2, 0.25) is 0 Å². The molecule has 3 heteroatoms. The summed E-state index contributed by atoms with van der Waals surface area (Å²) in [5.74, 6) is 0.804. The zero-order valence-corrected chi connectivity index (χ0v) is 18.7. The van der Waals surface area contributed by atoms with Crippen LogP contribution in [0.4, 0.5) is 4.39 Å². The highest BCUT2D eigenvalue weighted by molar-refractivity contribution is 6.09. The van der Waals surface area contributed by atoms with Crippen molar-refractivity contribution in [2.45, 2.75) is 57.3 Å². The van der Waals surface area contributed by atoms with Crippen molar-refractivity contribution in [3.8, 4) is 0 Å². The largest absolute Gasteiger partial charge is 0.295 e. The van der Waals surface area contributed by atoms with Crippen molar-refractivity contribution in [2.75, 3.05) is 0 Å². The lowest BCUT2D eigenvalue weighted by atomic mass is 9.65. The van der Waals surface area contributed by atoms with E-state index in [0.29, 0.717) is 18.8 Å². The number of aliphatic imine (C=N–C) groups is 1. The van der Waals surface area contributed by atoms with Crippen molar-refractivity contribution in [2.24, 2.45) is 16.8 Å². The smallest absolute Gasteiger partial charge is 0.155 e. The molecule has 2 aromatic rings. The van der Waals surface area contributed by atoms with Crippen molar-refractivity contribution in [1.82, 2.24) is 0 Å². The first kappa shape index (κ1) is 21.1. The van der Waals surface area contributed by atoms with Gasteiger partial charge in [0, 0.05) is 29.5 Å². The first-order valence-electron chi connectivity index (χ1n) is 11.9. The molecule has 2 aliphatic carbocycles. The highest BCUT2D eigenvalue weighted by Gasteiger charge is 2.51. The lowest BCUT2D eigenvalue weighted by molar-refractivity contribution is -0.115. The van der Waals surface area contributed by atoms with E-state index in [2.05, 4.69) is 37.3 Å². The van der Waals surface area contributed by atoms with Crippen LogP contribution in [0.2, 0.25) is 0 Å². The van der Waals surface area contributed by atoms with E-state index < -0.39 is 0 Å². The maximum atomic E-state index is 13.8. The second kappa shape index (κ2) is 8.61. The normalized spacial score (nSPS) is 27.7. The fraction of sp³-hybridized carbons (Fsp3) is 0.379. The predicted molar refractivity (Wildman–Crippen MR) is 127 cm³/mol. The number of carbonyl (C=O) groups excluding carboxylic acids is 1. The standard InChI is InChI=1S/C29H30FNO/c1-20-6-4-7-21(18-20)19-24(32)15-16-29(22-11-13-23(30)14-12-22)26-9-3-2-8-25(26)28-27(29)10-5-17-31-28/h2-3,5,8-9,11-14,17,19-20,27H,4,6-7,10,15-16,18H2,1H3. The van der Waals surface area contributed by atoms with Gasteiger partial charge < -0.3 is 0 Å². The summed E-state index contributed by atoms with van der Waals surface area (Å²) in [6.07, 6.45) is 12.5. The molecule has 0 aromatic heterocycles. The number of hydrogen-bond acceptors (Lipinski definition) is 2. The molecule has 1 fully saturated rings. The summed E-state index contributed by atoms with van der Waals surface area (Å²) in [5.41, 5.74) is 5.48. The van der Waals surface area contributed by atoms with Crippen molar-refractivity contribution < 1.29 is 9.18 Å². The third-order valence-corrected chi connectivity index (χ3v) is 7.60. The van der Waals surface area contributed by atoms with Gasteiger partial charge in [-0.3, -0.25) is 9.79 Å². The Hall–Kier alpha value is -2.81. The average molecular weight is 428 g/mol. The molecule has 3 atom stereocenters. The average Bonchev–Trinajstić information content (AvgIpc) is 3.09. The Morgan fingerprint density at radius 3 is 2.81 bits per heavy atom. The number of carbonyl (C=O) groups is 1. The summed E-state index contributed by atoms with van der Waals surface area (Å²) in [5, 5.41) is 0. The Morgan fingerprint density at radius 2 is 2.00 bits per heavy atom. The molecule has 0 radical (unpaired) electrons. The Balaban J connectivity index is 1.53. The van der Waals surface area contributed by atoms with Crippen molar-refractivity contribution in [3.05, 3.63) is 95.0 Å². The van der Waals surface area contributed by atoms with Gasteiger partial charge in [0.15, 0.2) is 5.78 Å². The van der Waals surface area contributed by atoms with Crippen molar-refractivity contribution in [3.63, 3.8) is 0 Å². The van der Waals surface area contributed by atoms with E-state index in [1.807, 2.05) is 24.4 Å². The summed E-state index contributed by atoms with van der Waals surface area (Å²) in [7, 11) is 0. The lowest BCUT2D eigenvalue weighted by Gasteiger charge is -2.37.